The Bertz CT molecular complexity index is 477. The molecule has 0 aromatic heterocycles. The van der Waals surface area contributed by atoms with Crippen molar-refractivity contribution >= 4 is 39.3 Å². The van der Waals surface area contributed by atoms with Crippen LogP contribution in [-0.2, 0) is 4.79 Å². The third-order valence-corrected chi connectivity index (χ3v) is 2.28. The second-order valence-corrected chi connectivity index (χ2v) is 3.45. The minimum Gasteiger partial charge on any atom is -0.211 e. The molecule has 14 heavy (non-hydrogen) atoms. The normalized spacial score (nSPS) is 9.00. The third-order valence-electron chi connectivity index (χ3n) is 1.41. The number of carbonyl (C=O) groups excluding carboxylic acids is 1. The van der Waals surface area contributed by atoms with Gasteiger partial charge in [0, 0.05) is 0 Å². The van der Waals surface area contributed by atoms with Crippen LogP contribution in [-0.4, -0.2) is 6.08 Å². The van der Waals surface area contributed by atoms with Crippen molar-refractivity contribution in [3.05, 3.63) is 26.9 Å². The molecule has 0 N–H and O–H groups in total. The molecule has 1 aromatic carbocycles. The summed E-state index contributed by atoms with van der Waals surface area (Å²) in [5.41, 5.74) is -0.586. The van der Waals surface area contributed by atoms with E-state index in [9.17, 15) is 9.18 Å². The van der Waals surface area contributed by atoms with Gasteiger partial charge in [-0.15, -0.1) is 0 Å². The lowest BCUT2D eigenvalue weighted by Crippen LogP contribution is -1.87. The summed E-state index contributed by atoms with van der Waals surface area (Å²) in [6, 6.07) is 2.78. The Balaban J connectivity index is 3.65. The van der Waals surface area contributed by atoms with Gasteiger partial charge >= 0.3 is 0 Å². The Morgan fingerprint density at radius 1 is 1.64 bits per heavy atom. The number of rotatable bonds is 1. The van der Waals surface area contributed by atoms with Crippen molar-refractivity contribution < 1.29 is 9.18 Å². The first-order chi connectivity index (χ1) is 6.61. The monoisotopic (exact) mass is 274 g/mol. The molecule has 0 aliphatic heterocycles. The average molecular weight is 275 g/mol. The summed E-state index contributed by atoms with van der Waals surface area (Å²) in [6.07, 6.45) is 1.20. The standard InChI is InChI=1S/C8HBrClFN2O/c9-5-1-6(10)8(13-3-14)4(2-12)7(5)11/h1H. The van der Waals surface area contributed by atoms with E-state index in [1.54, 1.807) is 6.07 Å². The van der Waals surface area contributed by atoms with E-state index < -0.39 is 5.82 Å². The van der Waals surface area contributed by atoms with Crippen molar-refractivity contribution in [3.63, 3.8) is 0 Å². The topological polar surface area (TPSA) is 53.2 Å². The molecule has 0 aliphatic rings. The molecule has 0 amide bonds. The van der Waals surface area contributed by atoms with Gasteiger partial charge in [-0.2, -0.15) is 10.3 Å². The van der Waals surface area contributed by atoms with Gasteiger partial charge in [-0.05, 0) is 22.0 Å². The zero-order valence-electron chi connectivity index (χ0n) is 6.51. The van der Waals surface area contributed by atoms with Crippen LogP contribution in [0.25, 0.3) is 0 Å². The number of nitriles is 1. The zero-order chi connectivity index (χ0) is 10.7. The van der Waals surface area contributed by atoms with Crippen molar-refractivity contribution in [1.29, 1.82) is 5.26 Å². The molecule has 0 saturated heterocycles. The fraction of sp³-hybridized carbons (Fsp3) is 0. The Morgan fingerprint density at radius 2 is 2.29 bits per heavy atom. The maximum Gasteiger partial charge on any atom is 0.240 e. The van der Waals surface area contributed by atoms with E-state index in [4.69, 9.17) is 16.9 Å². The molecule has 0 heterocycles. The molecule has 0 saturated carbocycles. The first-order valence-electron chi connectivity index (χ1n) is 3.27. The summed E-state index contributed by atoms with van der Waals surface area (Å²) < 4.78 is 13.3. The molecule has 0 radical (unpaired) electrons. The molecule has 1 rings (SSSR count). The number of nitrogens with zero attached hydrogens (tertiary/aromatic N) is 2. The lowest BCUT2D eigenvalue weighted by atomic mass is 10.2. The second kappa shape index (κ2) is 4.34. The minimum atomic E-state index is -0.800. The molecule has 70 valence electrons. The molecule has 0 atom stereocenters. The summed E-state index contributed by atoms with van der Waals surface area (Å²) in [4.78, 5) is 13.2. The van der Waals surface area contributed by atoms with E-state index >= 15 is 0 Å². The molecule has 3 nitrogen and oxygen atoms in total. The molecule has 6 heteroatoms. The number of hydrogen-bond acceptors (Lipinski definition) is 3. The molecule has 1 aromatic rings. The highest BCUT2D eigenvalue weighted by atomic mass is 79.9. The van der Waals surface area contributed by atoms with Crippen LogP contribution in [0.4, 0.5) is 10.1 Å². The van der Waals surface area contributed by atoms with E-state index in [0.717, 1.165) is 0 Å². The lowest BCUT2D eigenvalue weighted by Gasteiger charge is -2.02. The summed E-state index contributed by atoms with van der Waals surface area (Å²) in [5, 5.41) is 8.63. The fourth-order valence-electron chi connectivity index (χ4n) is 0.843. The van der Waals surface area contributed by atoms with Gasteiger partial charge in [0.05, 0.1) is 9.50 Å². The fourth-order valence-corrected chi connectivity index (χ4v) is 1.65. The van der Waals surface area contributed by atoms with E-state index in [2.05, 4.69) is 20.9 Å². The highest BCUT2D eigenvalue weighted by molar-refractivity contribution is 9.10. The van der Waals surface area contributed by atoms with Crippen LogP contribution in [0, 0.1) is 17.1 Å². The summed E-state index contributed by atoms with van der Waals surface area (Å²) in [7, 11) is 0. The highest BCUT2D eigenvalue weighted by Crippen LogP contribution is 2.34. The van der Waals surface area contributed by atoms with E-state index in [1.807, 2.05) is 0 Å². The maximum absolute atomic E-state index is 13.2. The van der Waals surface area contributed by atoms with Gasteiger partial charge in [0.1, 0.15) is 17.3 Å². The predicted molar refractivity (Wildman–Crippen MR) is 51.6 cm³/mol. The molecule has 0 aliphatic carbocycles. The molecule has 0 fully saturated rings. The first kappa shape index (κ1) is 10.9. The lowest BCUT2D eigenvalue weighted by molar-refractivity contribution is 0.565. The van der Waals surface area contributed by atoms with Crippen LogP contribution in [0.2, 0.25) is 5.02 Å². The second-order valence-electron chi connectivity index (χ2n) is 2.19. The Labute approximate surface area is 91.9 Å². The van der Waals surface area contributed by atoms with Crippen LogP contribution in [0.1, 0.15) is 5.56 Å². The van der Waals surface area contributed by atoms with E-state index in [-0.39, 0.29) is 20.7 Å². The minimum absolute atomic E-state index is 0.0122. The van der Waals surface area contributed by atoms with Gasteiger partial charge in [-0.25, -0.2) is 9.18 Å². The van der Waals surface area contributed by atoms with Crippen molar-refractivity contribution in [3.8, 4) is 6.07 Å². The van der Waals surface area contributed by atoms with Crippen LogP contribution < -0.4 is 0 Å². The quantitative estimate of drug-likeness (QED) is 0.449. The number of halogens is 3. The number of aliphatic imine (C=N–C) groups is 1. The van der Waals surface area contributed by atoms with Gasteiger partial charge < -0.3 is 0 Å². The Hall–Kier alpha value is -1.21. The third kappa shape index (κ3) is 1.83. The predicted octanol–water partition coefficient (Wildman–Crippen LogP) is 3.08. The van der Waals surface area contributed by atoms with Crippen LogP contribution in [0.3, 0.4) is 0 Å². The van der Waals surface area contributed by atoms with Crippen LogP contribution in [0.15, 0.2) is 15.5 Å². The largest absolute Gasteiger partial charge is 0.240 e. The molecule has 0 spiro atoms. The smallest absolute Gasteiger partial charge is 0.211 e. The molecule has 0 bridgehead atoms. The Morgan fingerprint density at radius 3 is 2.79 bits per heavy atom. The average Bonchev–Trinajstić information content (AvgIpc) is 2.15. The van der Waals surface area contributed by atoms with Gasteiger partial charge in [-0.3, -0.25) is 0 Å². The van der Waals surface area contributed by atoms with E-state index in [1.165, 1.54) is 12.1 Å². The van der Waals surface area contributed by atoms with Crippen molar-refractivity contribution in [1.82, 2.24) is 0 Å². The molecular formula is C8HBrClFN2O. The van der Waals surface area contributed by atoms with Gasteiger partial charge in [-0.1, -0.05) is 11.6 Å². The van der Waals surface area contributed by atoms with E-state index in [0.29, 0.717) is 0 Å². The summed E-state index contributed by atoms with van der Waals surface area (Å²) in [6.45, 7) is 0. The van der Waals surface area contributed by atoms with Gasteiger partial charge in [0.25, 0.3) is 0 Å². The maximum atomic E-state index is 13.2. The Kier molecular flexibility index (Phi) is 3.37. The van der Waals surface area contributed by atoms with Crippen molar-refractivity contribution in [2.24, 2.45) is 4.99 Å². The first-order valence-corrected chi connectivity index (χ1v) is 4.44. The van der Waals surface area contributed by atoms with Gasteiger partial charge in [0.15, 0.2) is 5.82 Å². The summed E-state index contributed by atoms with van der Waals surface area (Å²) in [5.74, 6) is -0.800. The number of hydrogen-bond donors (Lipinski definition) is 0. The number of isocyanates is 1. The molecular weight excluding hydrogens is 274 g/mol. The SMILES string of the molecule is N#Cc1c(F)c(Br)cc(Cl)c1N=C=O. The summed E-state index contributed by atoms with van der Waals surface area (Å²) >= 11 is 8.52. The van der Waals surface area contributed by atoms with Crippen molar-refractivity contribution in [2.45, 2.75) is 0 Å². The van der Waals surface area contributed by atoms with Crippen LogP contribution >= 0.6 is 27.5 Å². The van der Waals surface area contributed by atoms with Crippen LogP contribution in [0.5, 0.6) is 0 Å². The zero-order valence-corrected chi connectivity index (χ0v) is 8.86. The number of benzene rings is 1. The highest BCUT2D eigenvalue weighted by Gasteiger charge is 2.15. The van der Waals surface area contributed by atoms with Gasteiger partial charge in [0.2, 0.25) is 6.08 Å². The van der Waals surface area contributed by atoms with Crippen molar-refractivity contribution in [2.75, 3.05) is 0 Å². The molecule has 0 unspecified atom stereocenters.